The van der Waals surface area contributed by atoms with Crippen molar-refractivity contribution in [2.45, 2.75) is 26.3 Å². The molecule has 1 fully saturated rings. The predicted octanol–water partition coefficient (Wildman–Crippen LogP) is 1.95. The predicted molar refractivity (Wildman–Crippen MR) is 65.6 cm³/mol. The first kappa shape index (κ1) is 11.0. The molecule has 1 aromatic rings. The molecule has 0 aromatic heterocycles. The van der Waals surface area contributed by atoms with Gasteiger partial charge in [0.2, 0.25) is 5.91 Å². The van der Waals surface area contributed by atoms with E-state index in [1.54, 1.807) is 4.90 Å². The van der Waals surface area contributed by atoms with Crippen molar-refractivity contribution < 1.29 is 4.79 Å². The fourth-order valence-corrected chi connectivity index (χ4v) is 2.22. The van der Waals surface area contributed by atoms with Gasteiger partial charge in [0.15, 0.2) is 0 Å². The lowest BCUT2D eigenvalue weighted by Gasteiger charge is -2.14. The Labute approximate surface area is 96.5 Å². The van der Waals surface area contributed by atoms with Crippen LogP contribution in [0.3, 0.4) is 0 Å². The fraction of sp³-hybridized carbons (Fsp3) is 0.462. The Bertz CT molecular complexity index is 394. The highest BCUT2D eigenvalue weighted by Gasteiger charge is 2.28. The summed E-state index contributed by atoms with van der Waals surface area (Å²) in [6.07, 6.45) is 0.891. The number of amides is 1. The van der Waals surface area contributed by atoms with E-state index in [0.717, 1.165) is 18.7 Å². The summed E-state index contributed by atoms with van der Waals surface area (Å²) in [5, 5.41) is 3.31. The molecular weight excluding hydrogens is 200 g/mol. The molecule has 0 spiro atoms. The summed E-state index contributed by atoms with van der Waals surface area (Å²) < 4.78 is 0. The third kappa shape index (κ3) is 2.18. The van der Waals surface area contributed by atoms with E-state index in [-0.39, 0.29) is 11.9 Å². The molecule has 1 aliphatic heterocycles. The van der Waals surface area contributed by atoms with E-state index < -0.39 is 0 Å². The molecule has 1 heterocycles. The zero-order valence-electron chi connectivity index (χ0n) is 10.1. The molecule has 1 aromatic carbocycles. The topological polar surface area (TPSA) is 32.3 Å². The van der Waals surface area contributed by atoms with E-state index in [4.69, 9.17) is 0 Å². The highest BCUT2D eigenvalue weighted by atomic mass is 16.2. The number of likely N-dealkylation sites (N-methyl/N-ethyl adjacent to an activating group) is 1. The van der Waals surface area contributed by atoms with E-state index in [1.807, 2.05) is 7.05 Å². The Morgan fingerprint density at radius 2 is 1.88 bits per heavy atom. The second kappa shape index (κ2) is 4.16. The largest absolute Gasteiger partial charge is 0.374 e. The number of carbonyl (C=O) groups excluding carboxylic acids is 1. The molecule has 1 amide bonds. The van der Waals surface area contributed by atoms with Gasteiger partial charge in [0.25, 0.3) is 0 Å². The number of rotatable bonds is 2. The van der Waals surface area contributed by atoms with Gasteiger partial charge in [-0.05, 0) is 43.5 Å². The second-order valence-electron chi connectivity index (χ2n) is 4.62. The van der Waals surface area contributed by atoms with Gasteiger partial charge in [-0.2, -0.15) is 0 Å². The van der Waals surface area contributed by atoms with Crippen LogP contribution in [0.25, 0.3) is 0 Å². The minimum atomic E-state index is -0.0498. The van der Waals surface area contributed by atoms with Gasteiger partial charge in [0.05, 0.1) is 0 Å². The first-order valence-electron chi connectivity index (χ1n) is 5.66. The third-order valence-electron chi connectivity index (χ3n) is 2.99. The standard InChI is InChI=1S/C13H18N2O/c1-9-6-10(2)8-11(7-9)14-12-4-5-15(3)13(12)16/h6-8,12,14H,4-5H2,1-3H3. The van der Waals surface area contributed by atoms with Crippen molar-refractivity contribution >= 4 is 11.6 Å². The van der Waals surface area contributed by atoms with Crippen molar-refractivity contribution in [2.75, 3.05) is 18.9 Å². The quantitative estimate of drug-likeness (QED) is 0.822. The molecule has 1 unspecified atom stereocenters. The molecule has 1 N–H and O–H groups in total. The van der Waals surface area contributed by atoms with Crippen LogP contribution in [0.2, 0.25) is 0 Å². The molecule has 0 aliphatic carbocycles. The van der Waals surface area contributed by atoms with Gasteiger partial charge in [-0.15, -0.1) is 0 Å². The van der Waals surface area contributed by atoms with Crippen LogP contribution in [-0.2, 0) is 4.79 Å². The maximum absolute atomic E-state index is 11.7. The van der Waals surface area contributed by atoms with Crippen LogP contribution in [0.4, 0.5) is 5.69 Å². The molecule has 1 atom stereocenters. The molecule has 0 radical (unpaired) electrons. The van der Waals surface area contributed by atoms with Crippen LogP contribution < -0.4 is 5.32 Å². The first-order chi connectivity index (χ1) is 7.56. The maximum atomic E-state index is 11.7. The Morgan fingerprint density at radius 1 is 1.25 bits per heavy atom. The molecule has 1 saturated heterocycles. The maximum Gasteiger partial charge on any atom is 0.244 e. The van der Waals surface area contributed by atoms with Crippen molar-refractivity contribution in [1.29, 1.82) is 0 Å². The van der Waals surface area contributed by atoms with Crippen molar-refractivity contribution in [1.82, 2.24) is 4.90 Å². The van der Waals surface area contributed by atoms with Crippen molar-refractivity contribution in [3.05, 3.63) is 29.3 Å². The number of nitrogens with one attached hydrogen (secondary N) is 1. The molecular formula is C13H18N2O. The zero-order valence-corrected chi connectivity index (χ0v) is 10.1. The van der Waals surface area contributed by atoms with Crippen molar-refractivity contribution in [2.24, 2.45) is 0 Å². The van der Waals surface area contributed by atoms with Gasteiger partial charge in [0, 0.05) is 19.3 Å². The van der Waals surface area contributed by atoms with Crippen LogP contribution >= 0.6 is 0 Å². The van der Waals surface area contributed by atoms with Crippen LogP contribution in [-0.4, -0.2) is 30.4 Å². The van der Waals surface area contributed by atoms with Gasteiger partial charge in [-0.25, -0.2) is 0 Å². The Morgan fingerprint density at radius 3 is 2.38 bits per heavy atom. The Kier molecular flexibility index (Phi) is 2.86. The molecule has 2 rings (SSSR count). The van der Waals surface area contributed by atoms with Gasteiger partial charge < -0.3 is 10.2 Å². The molecule has 1 aliphatic rings. The van der Waals surface area contributed by atoms with Crippen molar-refractivity contribution in [3.8, 4) is 0 Å². The van der Waals surface area contributed by atoms with Gasteiger partial charge in [-0.3, -0.25) is 4.79 Å². The Balaban J connectivity index is 2.12. The summed E-state index contributed by atoms with van der Waals surface area (Å²) in [6, 6.07) is 6.25. The Hall–Kier alpha value is -1.51. The van der Waals surface area contributed by atoms with Crippen LogP contribution in [0.15, 0.2) is 18.2 Å². The highest BCUT2D eigenvalue weighted by Crippen LogP contribution is 2.18. The normalized spacial score (nSPS) is 20.3. The molecule has 3 heteroatoms. The van der Waals surface area contributed by atoms with Crippen LogP contribution in [0, 0.1) is 13.8 Å². The van der Waals surface area contributed by atoms with E-state index in [0.29, 0.717) is 0 Å². The third-order valence-corrected chi connectivity index (χ3v) is 2.99. The lowest BCUT2D eigenvalue weighted by atomic mass is 10.1. The number of hydrogen-bond donors (Lipinski definition) is 1. The number of likely N-dealkylation sites (tertiary alicyclic amines) is 1. The average molecular weight is 218 g/mol. The van der Waals surface area contributed by atoms with E-state index in [1.165, 1.54) is 11.1 Å². The number of carbonyl (C=O) groups is 1. The minimum absolute atomic E-state index is 0.0498. The molecule has 16 heavy (non-hydrogen) atoms. The van der Waals surface area contributed by atoms with E-state index >= 15 is 0 Å². The zero-order chi connectivity index (χ0) is 11.7. The monoisotopic (exact) mass is 218 g/mol. The number of nitrogens with zero attached hydrogens (tertiary/aromatic N) is 1. The molecule has 86 valence electrons. The molecule has 0 bridgehead atoms. The summed E-state index contributed by atoms with van der Waals surface area (Å²) in [5.74, 6) is 0.194. The number of hydrogen-bond acceptors (Lipinski definition) is 2. The average Bonchev–Trinajstić information content (AvgIpc) is 2.48. The summed E-state index contributed by atoms with van der Waals surface area (Å²) in [7, 11) is 1.85. The minimum Gasteiger partial charge on any atom is -0.374 e. The lowest BCUT2D eigenvalue weighted by molar-refractivity contribution is -0.127. The highest BCUT2D eigenvalue weighted by molar-refractivity contribution is 5.86. The molecule has 0 saturated carbocycles. The second-order valence-corrected chi connectivity index (χ2v) is 4.62. The molecule has 3 nitrogen and oxygen atoms in total. The number of benzene rings is 1. The summed E-state index contributed by atoms with van der Waals surface area (Å²) in [6.45, 7) is 4.99. The first-order valence-corrected chi connectivity index (χ1v) is 5.66. The van der Waals surface area contributed by atoms with Crippen molar-refractivity contribution in [3.63, 3.8) is 0 Å². The summed E-state index contributed by atoms with van der Waals surface area (Å²) in [4.78, 5) is 13.5. The van der Waals surface area contributed by atoms with Gasteiger partial charge >= 0.3 is 0 Å². The SMILES string of the molecule is Cc1cc(C)cc(NC2CCN(C)C2=O)c1. The number of aryl methyl sites for hydroxylation is 2. The summed E-state index contributed by atoms with van der Waals surface area (Å²) >= 11 is 0. The van der Waals surface area contributed by atoms with E-state index in [2.05, 4.69) is 37.4 Å². The van der Waals surface area contributed by atoms with Crippen LogP contribution in [0.5, 0.6) is 0 Å². The van der Waals surface area contributed by atoms with E-state index in [9.17, 15) is 4.79 Å². The van der Waals surface area contributed by atoms with Crippen LogP contribution in [0.1, 0.15) is 17.5 Å². The fourth-order valence-electron chi connectivity index (χ4n) is 2.22. The smallest absolute Gasteiger partial charge is 0.244 e. The lowest BCUT2D eigenvalue weighted by Crippen LogP contribution is -2.30. The number of anilines is 1. The van der Waals surface area contributed by atoms with Gasteiger partial charge in [0.1, 0.15) is 6.04 Å². The van der Waals surface area contributed by atoms with Gasteiger partial charge in [-0.1, -0.05) is 6.07 Å². The summed E-state index contributed by atoms with van der Waals surface area (Å²) in [5.41, 5.74) is 3.49.